The minimum atomic E-state index is -3.50. The minimum Gasteiger partial charge on any atom is -0.464 e. The van der Waals surface area contributed by atoms with Gasteiger partial charge in [0.15, 0.2) is 9.84 Å². The molecule has 0 aliphatic rings. The van der Waals surface area contributed by atoms with Crippen LogP contribution in [-0.2, 0) is 14.6 Å². The molecule has 146 valence electrons. The molecule has 1 atom stereocenters. The van der Waals surface area contributed by atoms with Gasteiger partial charge in [0, 0.05) is 18.5 Å². The van der Waals surface area contributed by atoms with Crippen molar-refractivity contribution in [2.75, 3.05) is 12.3 Å². The molecule has 1 heterocycles. The lowest BCUT2D eigenvalue weighted by Gasteiger charge is -2.13. The minimum absolute atomic E-state index is 0.00428. The van der Waals surface area contributed by atoms with Gasteiger partial charge in [0.25, 0.3) is 0 Å². The molecule has 0 radical (unpaired) electrons. The monoisotopic (exact) mass is 399 g/mol. The lowest BCUT2D eigenvalue weighted by molar-refractivity contribution is -0.121. The molecule has 2 N–H and O–H groups in total. The molecular formula is C21H21NO5S. The van der Waals surface area contributed by atoms with Crippen LogP contribution in [0.2, 0.25) is 0 Å². The van der Waals surface area contributed by atoms with Gasteiger partial charge in [-0.1, -0.05) is 42.5 Å². The number of rotatable bonds is 8. The number of furan rings is 1. The van der Waals surface area contributed by atoms with Crippen molar-refractivity contribution < 1.29 is 22.7 Å². The van der Waals surface area contributed by atoms with Crippen molar-refractivity contribution in [2.45, 2.75) is 17.4 Å². The quantitative estimate of drug-likeness (QED) is 0.607. The van der Waals surface area contributed by atoms with Gasteiger partial charge < -0.3 is 14.8 Å². The predicted molar refractivity (Wildman–Crippen MR) is 105 cm³/mol. The molecule has 0 fully saturated rings. The smallest absolute Gasteiger partial charge is 0.221 e. The molecule has 7 heteroatoms. The summed E-state index contributed by atoms with van der Waals surface area (Å²) >= 11 is 0. The van der Waals surface area contributed by atoms with Crippen LogP contribution in [0.15, 0.2) is 82.3 Å². The summed E-state index contributed by atoms with van der Waals surface area (Å²) in [6.07, 6.45) is 0.535. The van der Waals surface area contributed by atoms with Gasteiger partial charge in [0.2, 0.25) is 5.91 Å². The Balaban J connectivity index is 1.49. The van der Waals surface area contributed by atoms with Gasteiger partial charge in [-0.15, -0.1) is 0 Å². The number of hydrogen-bond acceptors (Lipinski definition) is 5. The Morgan fingerprint density at radius 3 is 2.36 bits per heavy atom. The number of aliphatic hydroxyl groups excluding tert-OH is 1. The van der Waals surface area contributed by atoms with Gasteiger partial charge in [0.1, 0.15) is 5.76 Å². The van der Waals surface area contributed by atoms with Crippen LogP contribution in [0.3, 0.4) is 0 Å². The second kappa shape index (κ2) is 8.86. The Labute approximate surface area is 163 Å². The summed E-state index contributed by atoms with van der Waals surface area (Å²) in [4.78, 5) is 12.2. The van der Waals surface area contributed by atoms with Gasteiger partial charge in [0.05, 0.1) is 23.0 Å². The van der Waals surface area contributed by atoms with E-state index in [1.54, 1.807) is 42.7 Å². The maximum atomic E-state index is 12.2. The fourth-order valence-electron chi connectivity index (χ4n) is 2.70. The summed E-state index contributed by atoms with van der Waals surface area (Å²) in [6, 6.07) is 18.8. The first-order chi connectivity index (χ1) is 13.5. The molecule has 3 rings (SSSR count). The number of aliphatic hydroxyl groups is 1. The third-order valence-corrected chi connectivity index (χ3v) is 6.03. The third-order valence-electron chi connectivity index (χ3n) is 4.29. The van der Waals surface area contributed by atoms with E-state index in [4.69, 9.17) is 4.42 Å². The molecule has 0 saturated heterocycles. The second-order valence-electron chi connectivity index (χ2n) is 6.30. The van der Waals surface area contributed by atoms with Gasteiger partial charge in [-0.05, 0) is 29.8 Å². The van der Waals surface area contributed by atoms with Gasteiger partial charge in [-0.3, -0.25) is 4.79 Å². The third kappa shape index (κ3) is 5.09. The summed E-state index contributed by atoms with van der Waals surface area (Å²) < 4.78 is 29.7. The summed E-state index contributed by atoms with van der Waals surface area (Å²) in [6.45, 7) is 0.00428. The number of carbonyl (C=O) groups excluding carboxylic acids is 1. The second-order valence-corrected chi connectivity index (χ2v) is 8.41. The van der Waals surface area contributed by atoms with E-state index < -0.39 is 21.8 Å². The fraction of sp³-hybridized carbons (Fsp3) is 0.190. The van der Waals surface area contributed by atoms with E-state index in [0.717, 1.165) is 11.3 Å². The van der Waals surface area contributed by atoms with E-state index in [2.05, 4.69) is 5.32 Å². The zero-order valence-electron chi connectivity index (χ0n) is 15.1. The highest BCUT2D eigenvalue weighted by Crippen LogP contribution is 2.22. The van der Waals surface area contributed by atoms with E-state index >= 15 is 0 Å². The van der Waals surface area contributed by atoms with Crippen LogP contribution in [0.25, 0.3) is 11.3 Å². The highest BCUT2D eigenvalue weighted by atomic mass is 32.2. The van der Waals surface area contributed by atoms with Crippen molar-refractivity contribution in [1.29, 1.82) is 0 Å². The van der Waals surface area contributed by atoms with Crippen LogP contribution in [0.4, 0.5) is 0 Å². The van der Waals surface area contributed by atoms with Crippen LogP contribution >= 0.6 is 0 Å². The van der Waals surface area contributed by atoms with E-state index in [1.807, 2.05) is 18.2 Å². The van der Waals surface area contributed by atoms with Gasteiger partial charge in [-0.2, -0.15) is 0 Å². The molecule has 2 aromatic carbocycles. The summed E-state index contributed by atoms with van der Waals surface area (Å²) in [5.74, 6) is 0.0243. The fourth-order valence-corrected chi connectivity index (χ4v) is 3.96. The molecule has 0 saturated carbocycles. The molecule has 1 unspecified atom stereocenters. The summed E-state index contributed by atoms with van der Waals surface area (Å²) in [5, 5.41) is 12.8. The van der Waals surface area contributed by atoms with E-state index in [9.17, 15) is 18.3 Å². The van der Waals surface area contributed by atoms with Crippen molar-refractivity contribution in [3.05, 3.63) is 78.6 Å². The van der Waals surface area contributed by atoms with Crippen LogP contribution in [0, 0.1) is 0 Å². The number of hydrogen-bond donors (Lipinski definition) is 2. The largest absolute Gasteiger partial charge is 0.464 e. The molecule has 0 aliphatic carbocycles. The molecule has 3 aromatic rings. The Kier molecular flexibility index (Phi) is 6.28. The van der Waals surface area contributed by atoms with E-state index in [1.165, 1.54) is 12.1 Å². The maximum Gasteiger partial charge on any atom is 0.221 e. The Morgan fingerprint density at radius 1 is 1.00 bits per heavy atom. The molecule has 0 bridgehead atoms. The first-order valence-electron chi connectivity index (χ1n) is 8.82. The average Bonchev–Trinajstić information content (AvgIpc) is 3.26. The molecule has 0 aliphatic heterocycles. The lowest BCUT2D eigenvalue weighted by Crippen LogP contribution is -2.29. The highest BCUT2D eigenvalue weighted by Gasteiger charge is 2.17. The SMILES string of the molecule is O=C(CCS(=O)(=O)c1ccccc1)NCC(O)c1ccc(-c2ccco2)cc1. The number of benzene rings is 2. The maximum absolute atomic E-state index is 12.2. The molecule has 1 amide bonds. The molecule has 0 spiro atoms. The normalized spacial score (nSPS) is 12.5. The van der Waals surface area contributed by atoms with E-state index in [-0.39, 0.29) is 23.6 Å². The molecular weight excluding hydrogens is 378 g/mol. The first kappa shape index (κ1) is 19.9. The Morgan fingerprint density at radius 2 is 1.71 bits per heavy atom. The zero-order chi connectivity index (χ0) is 20.0. The van der Waals surface area contributed by atoms with Crippen LogP contribution < -0.4 is 5.32 Å². The Hall–Kier alpha value is -2.90. The standard InChI is InChI=1S/C21H21NO5S/c23-19(16-8-10-17(11-9-16)20-7-4-13-27-20)15-22-21(24)12-14-28(25,26)18-5-2-1-3-6-18/h1-11,13,19,23H,12,14-15H2,(H,22,24). The van der Waals surface area contributed by atoms with Gasteiger partial charge >= 0.3 is 0 Å². The Bertz CT molecular complexity index is 997. The lowest BCUT2D eigenvalue weighted by atomic mass is 10.1. The predicted octanol–water partition coefficient (Wildman–Crippen LogP) is 2.96. The molecule has 1 aromatic heterocycles. The van der Waals surface area contributed by atoms with Crippen LogP contribution in [0.1, 0.15) is 18.1 Å². The summed E-state index contributed by atoms with van der Waals surface area (Å²) in [7, 11) is -3.50. The van der Waals surface area contributed by atoms with Crippen molar-refractivity contribution in [1.82, 2.24) is 5.32 Å². The van der Waals surface area contributed by atoms with Crippen molar-refractivity contribution in [2.24, 2.45) is 0 Å². The molecule has 6 nitrogen and oxygen atoms in total. The van der Waals surface area contributed by atoms with Crippen LogP contribution in [0.5, 0.6) is 0 Å². The number of carbonyl (C=O) groups is 1. The van der Waals surface area contributed by atoms with Crippen molar-refractivity contribution in [3.8, 4) is 11.3 Å². The van der Waals surface area contributed by atoms with Crippen LogP contribution in [-0.4, -0.2) is 31.7 Å². The molecule has 28 heavy (non-hydrogen) atoms. The topological polar surface area (TPSA) is 96.6 Å². The summed E-state index contributed by atoms with van der Waals surface area (Å²) in [5.41, 5.74) is 1.53. The average molecular weight is 399 g/mol. The highest BCUT2D eigenvalue weighted by molar-refractivity contribution is 7.91. The number of sulfone groups is 1. The van der Waals surface area contributed by atoms with E-state index in [0.29, 0.717) is 5.56 Å². The number of nitrogens with one attached hydrogen (secondary N) is 1. The van der Waals surface area contributed by atoms with Crippen molar-refractivity contribution >= 4 is 15.7 Å². The van der Waals surface area contributed by atoms with Crippen molar-refractivity contribution in [3.63, 3.8) is 0 Å². The number of amides is 1. The van der Waals surface area contributed by atoms with Gasteiger partial charge in [-0.25, -0.2) is 8.42 Å². The zero-order valence-corrected chi connectivity index (χ0v) is 15.9. The first-order valence-corrected chi connectivity index (χ1v) is 10.5.